The largest absolute Gasteiger partial charge is 0.143 e. The van der Waals surface area contributed by atoms with Crippen LogP contribution in [0, 0.1) is 0 Å². The second kappa shape index (κ2) is 65.9. The molecule has 9 aromatic rings. The number of rotatable bonds is 81. The third-order valence-corrected chi connectivity index (χ3v) is 36.4. The highest BCUT2D eigenvalue weighted by Gasteiger charge is 2.30. The molecule has 0 saturated heterocycles. The van der Waals surface area contributed by atoms with E-state index in [4.69, 9.17) is 0 Å². The fraction of sp³-hybridized carbons (Fsp3) is 0.724. The molecule has 0 aliphatic carbocycles. The predicted molar refractivity (Wildman–Crippen MR) is 572 cm³/mol. The Bertz CT molecular complexity index is 4020. The first-order valence-corrected chi connectivity index (χ1v) is 60.1. The maximum atomic E-state index is 2.86. The van der Waals surface area contributed by atoms with E-state index in [-0.39, 0.29) is 0 Å². The summed E-state index contributed by atoms with van der Waals surface area (Å²) >= 11 is 15.3. The third kappa shape index (κ3) is 36.8. The molecule has 0 fully saturated rings. The standard InChI is InChI=1S/C116H184S7/c1-8-15-22-29-36-43-50-57-64-71-78-94-85-88-117-109(94)106-93-103-98(82-75-68-61-54-47-40-33-26-19-12-5)112-101(97(113(103)122-106)81-74-67-60-53-46-39-32-25-18-11-4)91-104(120-112)105-92-102-99(83-76-69-62-55-48-41-34-27-20-13-6)115-107(100(114(102)121-105)84-77-70-63-56-49-42-35-28-21-14-7)108(110-95(86-89-118-110)79-72-65-58-51-44-37-30-23-16-9-2)116(123-115)111-96(87-90-119-111)80-73-66-59-52-45-38-31-24-17-10-3/h85-93H,8-84H2,1-7H3. The van der Waals surface area contributed by atoms with Crippen LogP contribution in [0.15, 0.2) is 52.5 Å². The van der Waals surface area contributed by atoms with E-state index >= 15 is 0 Å². The summed E-state index contributed by atoms with van der Waals surface area (Å²) in [5, 5.41) is 14.1. The van der Waals surface area contributed by atoms with Crippen molar-refractivity contribution in [2.75, 3.05) is 0 Å². The molecule has 0 unspecified atom stereocenters. The van der Waals surface area contributed by atoms with Gasteiger partial charge in [-0.2, -0.15) is 0 Å². The molecule has 7 aromatic heterocycles. The minimum absolute atomic E-state index is 1.18. The van der Waals surface area contributed by atoms with E-state index in [0.29, 0.717) is 0 Å². The lowest BCUT2D eigenvalue weighted by Gasteiger charge is -2.15. The van der Waals surface area contributed by atoms with Gasteiger partial charge in [0.15, 0.2) is 0 Å². The van der Waals surface area contributed by atoms with Crippen molar-refractivity contribution in [2.24, 2.45) is 0 Å². The third-order valence-electron chi connectivity index (χ3n) is 28.1. The fourth-order valence-electron chi connectivity index (χ4n) is 20.4. The minimum atomic E-state index is 1.18. The molecule has 0 amide bonds. The molecule has 7 heteroatoms. The molecule has 0 saturated carbocycles. The lowest BCUT2D eigenvalue weighted by molar-refractivity contribution is 0.556. The van der Waals surface area contributed by atoms with Crippen LogP contribution in [-0.4, -0.2) is 0 Å². The highest BCUT2D eigenvalue weighted by atomic mass is 32.1. The van der Waals surface area contributed by atoms with Crippen LogP contribution in [0.5, 0.6) is 0 Å². The highest BCUT2D eigenvalue weighted by Crippen LogP contribution is 2.57. The molecule has 0 radical (unpaired) electrons. The van der Waals surface area contributed by atoms with E-state index < -0.39 is 0 Å². The summed E-state index contributed by atoms with van der Waals surface area (Å²) < 4.78 is 6.63. The van der Waals surface area contributed by atoms with E-state index in [2.05, 4.69) is 169 Å². The van der Waals surface area contributed by atoms with Gasteiger partial charge < -0.3 is 0 Å². The van der Waals surface area contributed by atoms with Gasteiger partial charge in [0.1, 0.15) is 0 Å². The van der Waals surface area contributed by atoms with Crippen molar-refractivity contribution in [1.29, 1.82) is 0 Å². The van der Waals surface area contributed by atoms with Crippen molar-refractivity contribution in [3.8, 4) is 39.7 Å². The fourth-order valence-corrected chi connectivity index (χ4v) is 29.1. The zero-order chi connectivity index (χ0) is 86.0. The lowest BCUT2D eigenvalue weighted by Crippen LogP contribution is -1.95. The summed E-state index contributed by atoms with van der Waals surface area (Å²) in [4.78, 5) is 11.1. The van der Waals surface area contributed by atoms with E-state index in [0.717, 1.165) is 0 Å². The number of unbranched alkanes of at least 4 members (excludes halogenated alkanes) is 63. The Labute approximate surface area is 787 Å². The summed E-state index contributed by atoms with van der Waals surface area (Å²) in [6, 6.07) is 16.2. The number of benzene rings is 2. The first-order chi connectivity index (χ1) is 61.0. The summed E-state index contributed by atoms with van der Waals surface area (Å²) in [6.45, 7) is 16.5. The van der Waals surface area contributed by atoms with Gasteiger partial charge in [0.25, 0.3) is 0 Å². The maximum absolute atomic E-state index is 2.86. The van der Waals surface area contributed by atoms with Gasteiger partial charge in [0, 0.05) is 59.0 Å². The zero-order valence-electron chi connectivity index (χ0n) is 81.0. The van der Waals surface area contributed by atoms with Gasteiger partial charge in [-0.3, -0.25) is 0 Å². The normalized spacial score (nSPS) is 12.1. The average molecular weight is 1800 g/mol. The molecule has 0 nitrogen and oxygen atoms in total. The van der Waals surface area contributed by atoms with E-state index in [1.807, 2.05) is 11.3 Å². The quantitative estimate of drug-likeness (QED) is 0.0333. The molecular formula is C116H184S7. The Morgan fingerprint density at radius 1 is 0.179 bits per heavy atom. The first kappa shape index (κ1) is 104. The van der Waals surface area contributed by atoms with Gasteiger partial charge >= 0.3 is 0 Å². The van der Waals surface area contributed by atoms with Crippen LogP contribution in [0.4, 0.5) is 0 Å². The van der Waals surface area contributed by atoms with Gasteiger partial charge in [0.05, 0.1) is 4.88 Å². The van der Waals surface area contributed by atoms with Crippen LogP contribution < -0.4 is 0 Å². The van der Waals surface area contributed by atoms with Crippen LogP contribution in [0.2, 0.25) is 0 Å². The van der Waals surface area contributed by atoms with Gasteiger partial charge in [-0.25, -0.2) is 0 Å². The Hall–Kier alpha value is -2.62. The van der Waals surface area contributed by atoms with Gasteiger partial charge in [-0.1, -0.05) is 453 Å². The zero-order valence-corrected chi connectivity index (χ0v) is 86.7. The predicted octanol–water partition coefficient (Wildman–Crippen LogP) is 44.6. The molecule has 0 spiro atoms. The van der Waals surface area contributed by atoms with Gasteiger partial charge in [0.2, 0.25) is 0 Å². The van der Waals surface area contributed by atoms with Crippen LogP contribution in [0.25, 0.3) is 80.0 Å². The summed E-state index contributed by atoms with van der Waals surface area (Å²) in [5.74, 6) is 0. The van der Waals surface area contributed by atoms with Crippen LogP contribution in [-0.2, 0) is 44.9 Å². The summed E-state index contributed by atoms with van der Waals surface area (Å²) in [5.41, 5.74) is 13.4. The number of fused-ring (bicyclic) bond motifs is 4. The minimum Gasteiger partial charge on any atom is -0.143 e. The average Bonchev–Trinajstić information content (AvgIpc) is 1.55. The Morgan fingerprint density at radius 3 is 0.691 bits per heavy atom. The smallest absolute Gasteiger partial charge is 0.0544 e. The summed E-state index contributed by atoms with van der Waals surface area (Å²) in [6.07, 6.45) is 105. The molecule has 0 bridgehead atoms. The van der Waals surface area contributed by atoms with Crippen molar-refractivity contribution < 1.29 is 0 Å². The van der Waals surface area contributed by atoms with E-state index in [9.17, 15) is 0 Å². The number of hydrogen-bond acceptors (Lipinski definition) is 7. The second-order valence-corrected chi connectivity index (χ2v) is 45.8. The SMILES string of the molecule is CCCCCCCCCCCCc1ccsc1-c1cc2c(CCCCCCCCCCCC)c3sc(-c4cc5c(CCCCCCCCCCCC)c6sc(-c7sccc7CCCCCCCCCCCC)c(-c7sccc7CCCCCCCCCCCC)c6c(CCCCCCCCCCCC)c5s4)cc3c(CCCCCCCCCCCC)c2s1. The number of thiophene rings is 7. The van der Waals surface area contributed by atoms with Crippen LogP contribution in [0.1, 0.15) is 537 Å². The molecule has 0 aliphatic rings. The topological polar surface area (TPSA) is 0 Å². The van der Waals surface area contributed by atoms with Gasteiger partial charge in [-0.15, -0.1) is 79.4 Å². The molecular weight excluding hydrogens is 1620 g/mol. The number of aryl methyl sites for hydroxylation is 7. The Kier molecular flexibility index (Phi) is 55.7. The van der Waals surface area contributed by atoms with Crippen molar-refractivity contribution in [3.05, 3.63) is 91.5 Å². The Morgan fingerprint density at radius 2 is 0.390 bits per heavy atom. The van der Waals surface area contributed by atoms with Crippen molar-refractivity contribution in [1.82, 2.24) is 0 Å². The molecule has 0 atom stereocenters. The first-order valence-electron chi connectivity index (χ1n) is 54.2. The summed E-state index contributed by atoms with van der Waals surface area (Å²) in [7, 11) is 0. The van der Waals surface area contributed by atoms with Crippen molar-refractivity contribution >= 4 is 120 Å². The monoisotopic (exact) mass is 1800 g/mol. The van der Waals surface area contributed by atoms with Crippen molar-refractivity contribution in [3.63, 3.8) is 0 Å². The molecule has 7 heterocycles. The molecule has 690 valence electrons. The van der Waals surface area contributed by atoms with E-state index in [1.54, 1.807) is 119 Å². The molecule has 9 rings (SSSR count). The van der Waals surface area contributed by atoms with Gasteiger partial charge in [-0.05, 0) is 198 Å². The lowest BCUT2D eigenvalue weighted by atomic mass is 9.91. The molecule has 0 N–H and O–H groups in total. The Balaban J connectivity index is 1.18. The number of hydrogen-bond donors (Lipinski definition) is 0. The van der Waals surface area contributed by atoms with Crippen LogP contribution >= 0.6 is 79.4 Å². The van der Waals surface area contributed by atoms with Crippen LogP contribution in [0.3, 0.4) is 0 Å². The second-order valence-electron chi connectivity index (χ2n) is 38.8. The molecule has 123 heavy (non-hydrogen) atoms. The van der Waals surface area contributed by atoms with Crippen molar-refractivity contribution in [2.45, 2.75) is 543 Å². The molecule has 0 aliphatic heterocycles. The highest BCUT2D eigenvalue weighted by molar-refractivity contribution is 7.30. The molecule has 2 aromatic carbocycles. The van der Waals surface area contributed by atoms with E-state index in [1.165, 1.54) is 494 Å². The maximum Gasteiger partial charge on any atom is 0.0544 e.